The molecule has 0 radical (unpaired) electrons. The maximum atomic E-state index is 13.0. The summed E-state index contributed by atoms with van der Waals surface area (Å²) in [5, 5.41) is 3.42. The van der Waals surface area contributed by atoms with Crippen LogP contribution in [-0.4, -0.2) is 57.4 Å². The highest BCUT2D eigenvalue weighted by Gasteiger charge is 2.30. The average Bonchev–Trinajstić information content (AvgIpc) is 2.81. The Morgan fingerprint density at radius 2 is 1.78 bits per heavy atom. The second-order valence-corrected chi connectivity index (χ2v) is 10.1. The number of anilines is 1. The maximum Gasteiger partial charge on any atom is 0.243 e. The molecule has 0 aliphatic carbocycles. The van der Waals surface area contributed by atoms with E-state index in [0.29, 0.717) is 50.0 Å². The van der Waals surface area contributed by atoms with Crippen molar-refractivity contribution in [3.05, 3.63) is 58.6 Å². The van der Waals surface area contributed by atoms with Crippen LogP contribution in [0.5, 0.6) is 0 Å². The smallest absolute Gasteiger partial charge is 0.243 e. The molecule has 0 bridgehead atoms. The molecule has 2 aromatic carbocycles. The molecule has 32 heavy (non-hydrogen) atoms. The Morgan fingerprint density at radius 3 is 2.50 bits per heavy atom. The van der Waals surface area contributed by atoms with Gasteiger partial charge >= 0.3 is 0 Å². The van der Waals surface area contributed by atoms with Crippen molar-refractivity contribution >= 4 is 39.1 Å². The predicted octanol–water partition coefficient (Wildman–Crippen LogP) is 1.96. The summed E-state index contributed by atoms with van der Waals surface area (Å²) in [6.45, 7) is 1.57. The summed E-state index contributed by atoms with van der Waals surface area (Å²) in [6.07, 6.45) is 0.655. The van der Waals surface area contributed by atoms with Gasteiger partial charge in [0.15, 0.2) is 0 Å². The Hall–Kier alpha value is -2.46. The predicted molar refractivity (Wildman–Crippen MR) is 120 cm³/mol. The van der Waals surface area contributed by atoms with Crippen molar-refractivity contribution in [1.29, 1.82) is 0 Å². The van der Waals surface area contributed by atoms with E-state index in [9.17, 15) is 18.0 Å². The molecule has 2 aliphatic heterocycles. The lowest BCUT2D eigenvalue weighted by Crippen LogP contribution is -2.43. The summed E-state index contributed by atoms with van der Waals surface area (Å²) in [5.74, 6) is -0.464. The number of halogens is 1. The third-order valence-corrected chi connectivity index (χ3v) is 7.71. The minimum Gasteiger partial charge on any atom is -0.379 e. The number of amides is 2. The molecule has 10 heteroatoms. The SMILES string of the molecule is O=C(CN1C(=O)CCc2cc(S(=O)(=O)N3CCOCC3)ccc21)NCc1ccc(Cl)cc1. The van der Waals surface area contributed by atoms with Crippen LogP contribution in [0.3, 0.4) is 0 Å². The second-order valence-electron chi connectivity index (χ2n) is 7.69. The first kappa shape index (κ1) is 22.7. The average molecular weight is 478 g/mol. The van der Waals surface area contributed by atoms with Crippen LogP contribution >= 0.6 is 11.6 Å². The van der Waals surface area contributed by atoms with Crippen LogP contribution in [0.25, 0.3) is 0 Å². The molecule has 1 saturated heterocycles. The van der Waals surface area contributed by atoms with Gasteiger partial charge in [0.2, 0.25) is 21.8 Å². The number of hydrogen-bond acceptors (Lipinski definition) is 5. The maximum absolute atomic E-state index is 13.0. The molecule has 4 rings (SSSR count). The lowest BCUT2D eigenvalue weighted by molar-refractivity contribution is -0.124. The number of nitrogens with zero attached hydrogens (tertiary/aromatic N) is 2. The second kappa shape index (κ2) is 9.58. The highest BCUT2D eigenvalue weighted by Crippen LogP contribution is 2.31. The van der Waals surface area contributed by atoms with Gasteiger partial charge in [-0.1, -0.05) is 23.7 Å². The third-order valence-electron chi connectivity index (χ3n) is 5.56. The molecule has 1 N–H and O–H groups in total. The first-order chi connectivity index (χ1) is 15.3. The number of hydrogen-bond donors (Lipinski definition) is 1. The van der Waals surface area contributed by atoms with Gasteiger partial charge in [-0.2, -0.15) is 4.31 Å². The molecule has 0 unspecified atom stereocenters. The number of benzene rings is 2. The Morgan fingerprint density at radius 1 is 1.06 bits per heavy atom. The summed E-state index contributed by atoms with van der Waals surface area (Å²) in [5.41, 5.74) is 2.21. The minimum absolute atomic E-state index is 0.130. The molecule has 2 aromatic rings. The van der Waals surface area contributed by atoms with Crippen LogP contribution in [0.4, 0.5) is 5.69 Å². The van der Waals surface area contributed by atoms with Gasteiger partial charge in [-0.25, -0.2) is 8.42 Å². The van der Waals surface area contributed by atoms with E-state index in [-0.39, 0.29) is 29.7 Å². The highest BCUT2D eigenvalue weighted by atomic mass is 35.5. The Bertz CT molecular complexity index is 1110. The van der Waals surface area contributed by atoms with Crippen LogP contribution < -0.4 is 10.2 Å². The van der Waals surface area contributed by atoms with Gasteiger partial charge in [0.05, 0.1) is 18.1 Å². The van der Waals surface area contributed by atoms with Gasteiger partial charge in [0.25, 0.3) is 0 Å². The van der Waals surface area contributed by atoms with E-state index >= 15 is 0 Å². The lowest BCUT2D eigenvalue weighted by atomic mass is 10.0. The van der Waals surface area contributed by atoms with Gasteiger partial charge in [-0.3, -0.25) is 9.59 Å². The van der Waals surface area contributed by atoms with Crippen molar-refractivity contribution in [2.75, 3.05) is 37.7 Å². The molecule has 0 atom stereocenters. The Kier molecular flexibility index (Phi) is 6.80. The molecular formula is C22H24ClN3O5S. The summed E-state index contributed by atoms with van der Waals surface area (Å²) in [7, 11) is -3.63. The number of nitrogens with one attached hydrogen (secondary N) is 1. The van der Waals surface area contributed by atoms with Crippen molar-refractivity contribution in [3.8, 4) is 0 Å². The van der Waals surface area contributed by atoms with Crippen LogP contribution in [0, 0.1) is 0 Å². The fourth-order valence-electron chi connectivity index (χ4n) is 3.81. The third kappa shape index (κ3) is 4.96. The zero-order chi connectivity index (χ0) is 22.7. The highest BCUT2D eigenvalue weighted by molar-refractivity contribution is 7.89. The van der Waals surface area contributed by atoms with Gasteiger partial charge in [-0.05, 0) is 47.9 Å². The number of carbonyl (C=O) groups excluding carboxylic acids is 2. The minimum atomic E-state index is -3.63. The van der Waals surface area contributed by atoms with Gasteiger partial charge in [0.1, 0.15) is 6.54 Å². The van der Waals surface area contributed by atoms with Gasteiger partial charge in [-0.15, -0.1) is 0 Å². The van der Waals surface area contributed by atoms with E-state index in [2.05, 4.69) is 5.32 Å². The molecule has 0 spiro atoms. The Balaban J connectivity index is 1.47. The molecule has 2 aliphatic rings. The number of ether oxygens (including phenoxy) is 1. The number of carbonyl (C=O) groups is 2. The van der Waals surface area contributed by atoms with E-state index in [1.54, 1.807) is 24.3 Å². The van der Waals surface area contributed by atoms with Crippen molar-refractivity contribution in [2.24, 2.45) is 0 Å². The quantitative estimate of drug-likeness (QED) is 0.686. The molecule has 1 fully saturated rings. The van der Waals surface area contributed by atoms with Crippen LogP contribution in [0.1, 0.15) is 17.5 Å². The zero-order valence-corrected chi connectivity index (χ0v) is 19.0. The molecule has 0 saturated carbocycles. The van der Waals surface area contributed by atoms with Crippen molar-refractivity contribution in [1.82, 2.24) is 9.62 Å². The number of sulfonamides is 1. The normalized spacial score (nSPS) is 17.2. The fourth-order valence-corrected chi connectivity index (χ4v) is 5.39. The van der Waals surface area contributed by atoms with E-state index in [1.165, 1.54) is 15.3 Å². The summed E-state index contributed by atoms with van der Waals surface area (Å²) in [4.78, 5) is 26.6. The van der Waals surface area contributed by atoms with Crippen LogP contribution in [0.2, 0.25) is 5.02 Å². The molecule has 2 amide bonds. The topological polar surface area (TPSA) is 96.0 Å². The van der Waals surface area contributed by atoms with Crippen LogP contribution in [0.15, 0.2) is 47.4 Å². The van der Waals surface area contributed by atoms with E-state index in [0.717, 1.165) is 11.1 Å². The number of morpholine rings is 1. The van der Waals surface area contributed by atoms with E-state index in [1.807, 2.05) is 12.1 Å². The molecule has 170 valence electrons. The Labute approximate surface area is 192 Å². The van der Waals surface area contributed by atoms with E-state index < -0.39 is 10.0 Å². The van der Waals surface area contributed by atoms with Gasteiger partial charge in [0, 0.05) is 36.8 Å². The van der Waals surface area contributed by atoms with E-state index in [4.69, 9.17) is 16.3 Å². The molecular weight excluding hydrogens is 454 g/mol. The number of rotatable bonds is 6. The first-order valence-corrected chi connectivity index (χ1v) is 12.2. The standard InChI is InChI=1S/C22H24ClN3O5S/c23-18-4-1-16(2-5-18)14-24-21(27)15-26-20-7-6-19(13-17(20)3-8-22(26)28)32(29,30)25-9-11-31-12-10-25/h1-2,4-7,13H,3,8-12,14-15H2,(H,24,27). The number of aryl methyl sites for hydroxylation is 1. The van der Waals surface area contributed by atoms with Crippen molar-refractivity contribution in [3.63, 3.8) is 0 Å². The summed E-state index contributed by atoms with van der Waals surface area (Å²) < 4.78 is 32.6. The zero-order valence-electron chi connectivity index (χ0n) is 17.4. The monoisotopic (exact) mass is 477 g/mol. The fraction of sp³-hybridized carbons (Fsp3) is 0.364. The number of fused-ring (bicyclic) bond motifs is 1. The van der Waals surface area contributed by atoms with Crippen molar-refractivity contribution in [2.45, 2.75) is 24.3 Å². The first-order valence-electron chi connectivity index (χ1n) is 10.4. The largest absolute Gasteiger partial charge is 0.379 e. The molecule has 0 aromatic heterocycles. The summed E-state index contributed by atoms with van der Waals surface area (Å²) in [6, 6.07) is 11.9. The lowest BCUT2D eigenvalue weighted by Gasteiger charge is -2.30. The summed E-state index contributed by atoms with van der Waals surface area (Å²) >= 11 is 5.87. The van der Waals surface area contributed by atoms with Gasteiger partial charge < -0.3 is 15.0 Å². The molecule has 8 nitrogen and oxygen atoms in total. The van der Waals surface area contributed by atoms with Crippen LogP contribution in [-0.2, 0) is 37.3 Å². The van der Waals surface area contributed by atoms with Crippen molar-refractivity contribution < 1.29 is 22.7 Å². The molecule has 2 heterocycles.